The summed E-state index contributed by atoms with van der Waals surface area (Å²) in [5, 5.41) is 0. The zero-order valence-electron chi connectivity index (χ0n) is 28.7. The average molecular weight is 862 g/mol. The maximum atomic E-state index is 7.50. The molecule has 2 saturated heterocycles. The summed E-state index contributed by atoms with van der Waals surface area (Å²) >= 11 is 0. The summed E-state index contributed by atoms with van der Waals surface area (Å²) in [4.78, 5) is 0. The van der Waals surface area contributed by atoms with E-state index in [4.69, 9.17) is 23.4 Å². The minimum atomic E-state index is 0. The second-order valence-corrected chi connectivity index (χ2v) is 22.8. The molecular formula is C26H61Cl4Fe2O5P5. The minimum absolute atomic E-state index is 0. The Morgan fingerprint density at radius 3 is 0.429 bits per heavy atom. The van der Waals surface area contributed by atoms with Gasteiger partial charge in [0.05, 0.1) is 0 Å². The second-order valence-electron chi connectivity index (χ2n) is 9.35. The van der Waals surface area contributed by atoms with Crippen LogP contribution in [0.4, 0.5) is 0 Å². The largest absolute Gasteiger partial charge is 2.00 e. The molecule has 264 valence electrons. The molecule has 0 aromatic rings. The van der Waals surface area contributed by atoms with Gasteiger partial charge in [-0.05, 0) is 126 Å². The molecule has 42 heavy (non-hydrogen) atoms. The molecule has 0 atom stereocenters. The van der Waals surface area contributed by atoms with Gasteiger partial charge < -0.3 is 59.1 Å². The van der Waals surface area contributed by atoms with Gasteiger partial charge in [0.1, 0.15) is 0 Å². The topological polar surface area (TPSA) is 78.2 Å². The Bertz CT molecular complexity index is 297. The molecule has 2 aliphatic rings. The second kappa shape index (κ2) is 104. The van der Waals surface area contributed by atoms with Crippen molar-refractivity contribution in [2.24, 2.45) is 0 Å². The standard InChI is InChI=1S/2C4H8O.5C3H9P.3CO.4ClH.2Fe/c2*1-2-4-5-3-1;5*1-4(2)3;3*1-2;;;;;;/h2*1-4H2;5*1-3H3;;;;4*1H;;/q;;;;;;;;;;;;;;2*+2/p-4. The number of ether oxygens (including phenoxy) is 2. The summed E-state index contributed by atoms with van der Waals surface area (Å²) in [5.74, 6) is 0. The van der Waals surface area contributed by atoms with Crippen LogP contribution in [-0.2, 0) is 57.6 Å². The van der Waals surface area contributed by atoms with Gasteiger partial charge in [-0.15, -0.1) is 39.6 Å². The van der Waals surface area contributed by atoms with Gasteiger partial charge >= 0.3 is 68.0 Å². The van der Waals surface area contributed by atoms with Crippen LogP contribution in [-0.4, -0.2) is 126 Å². The number of hydrogen-bond acceptors (Lipinski definition) is 2. The van der Waals surface area contributed by atoms with Crippen LogP contribution in [0.3, 0.4) is 0 Å². The molecule has 0 N–H and O–H groups in total. The normalized spacial score (nSPS) is 10.1. The van der Waals surface area contributed by atoms with Crippen LogP contribution >= 0.6 is 39.6 Å². The van der Waals surface area contributed by atoms with Crippen LogP contribution in [0.1, 0.15) is 25.7 Å². The van der Waals surface area contributed by atoms with E-state index in [1.54, 1.807) is 0 Å². The molecule has 0 aromatic carbocycles. The molecule has 0 bridgehead atoms. The van der Waals surface area contributed by atoms with E-state index in [2.05, 4.69) is 120 Å². The fraction of sp³-hybridized carbons (Fsp3) is 0.885. The third-order valence-corrected chi connectivity index (χ3v) is 1.65. The molecule has 2 heterocycles. The molecule has 2 rings (SSSR count). The average Bonchev–Trinajstić information content (AvgIpc) is 3.49. The van der Waals surface area contributed by atoms with Crippen molar-refractivity contribution in [2.45, 2.75) is 25.7 Å². The summed E-state index contributed by atoms with van der Waals surface area (Å²) < 4.78 is 32.4. The molecule has 2 aliphatic heterocycles. The Balaban J connectivity index is -0.0000000173. The van der Waals surface area contributed by atoms with Crippen LogP contribution in [0.15, 0.2) is 0 Å². The Hall–Kier alpha value is 3.49. The first kappa shape index (κ1) is 90.8. The third-order valence-electron chi connectivity index (χ3n) is 1.65. The Morgan fingerprint density at radius 2 is 0.405 bits per heavy atom. The molecule has 0 spiro atoms. The van der Waals surface area contributed by atoms with E-state index < -0.39 is 0 Å². The van der Waals surface area contributed by atoms with E-state index in [1.165, 1.54) is 25.7 Å². The van der Waals surface area contributed by atoms with E-state index in [9.17, 15) is 0 Å². The van der Waals surface area contributed by atoms with Crippen molar-refractivity contribution in [1.82, 2.24) is 0 Å². The molecule has 2 fully saturated rings. The van der Waals surface area contributed by atoms with Crippen molar-refractivity contribution in [2.75, 3.05) is 126 Å². The molecule has 16 heteroatoms. The number of rotatable bonds is 0. The summed E-state index contributed by atoms with van der Waals surface area (Å²) in [6.07, 6.45) is 5.11. The molecule has 0 unspecified atom stereocenters. The Morgan fingerprint density at radius 1 is 0.333 bits per heavy atom. The van der Waals surface area contributed by atoms with Gasteiger partial charge in [-0.3, -0.25) is 0 Å². The van der Waals surface area contributed by atoms with Crippen molar-refractivity contribution < 1.29 is 107 Å². The van der Waals surface area contributed by atoms with E-state index in [0.29, 0.717) is 39.6 Å². The molecule has 0 aromatic heterocycles. The van der Waals surface area contributed by atoms with Crippen LogP contribution < -0.4 is 49.6 Å². The molecule has 0 radical (unpaired) electrons. The van der Waals surface area contributed by atoms with Gasteiger partial charge in [0.15, 0.2) is 0 Å². The SMILES string of the molecule is C1CCOC1.C1CCOC1.CP(C)C.CP(C)C.CP(C)C.CP(C)C.CP(C)C.[C-]#[O+].[C-]#[O+].[C-]#[O+].[Cl-].[Cl-].[Cl-].[Cl-].[Fe+2].[Fe+2]. The Kier molecular flexibility index (Phi) is 224. The van der Waals surface area contributed by atoms with Gasteiger partial charge in [-0.2, -0.15) is 0 Å². The maximum Gasteiger partial charge on any atom is 2.00 e. The van der Waals surface area contributed by atoms with Crippen molar-refractivity contribution in [3.8, 4) is 0 Å². The first-order chi connectivity index (χ1) is 16.7. The van der Waals surface area contributed by atoms with Gasteiger partial charge in [0.2, 0.25) is 0 Å². The summed E-state index contributed by atoms with van der Waals surface area (Å²) in [6.45, 7) is 51.0. The zero-order valence-corrected chi connectivity index (χ0v) is 38.4. The van der Waals surface area contributed by atoms with Crippen molar-refractivity contribution >= 4 is 39.6 Å². The van der Waals surface area contributed by atoms with Crippen molar-refractivity contribution in [3.05, 3.63) is 20.0 Å². The minimum Gasteiger partial charge on any atom is -1.00 e. The summed E-state index contributed by atoms with van der Waals surface area (Å²) in [7, 11) is 1.90. The third kappa shape index (κ3) is 431. The van der Waals surface area contributed by atoms with Gasteiger partial charge in [-0.25, -0.2) is 0 Å². The van der Waals surface area contributed by atoms with Gasteiger partial charge in [-0.1, -0.05) is 0 Å². The quantitative estimate of drug-likeness (QED) is 0.109. The molecule has 0 saturated carbocycles. The van der Waals surface area contributed by atoms with Crippen LogP contribution in [0, 0.1) is 20.0 Å². The van der Waals surface area contributed by atoms with E-state index in [1.807, 2.05) is 0 Å². The maximum absolute atomic E-state index is 7.50. The van der Waals surface area contributed by atoms with Crippen molar-refractivity contribution in [3.63, 3.8) is 0 Å². The molecule has 0 aliphatic carbocycles. The summed E-state index contributed by atoms with van der Waals surface area (Å²) in [5.41, 5.74) is 0. The van der Waals surface area contributed by atoms with Gasteiger partial charge in [0, 0.05) is 26.4 Å². The van der Waals surface area contributed by atoms with Crippen LogP contribution in [0.25, 0.3) is 0 Å². The fourth-order valence-electron chi connectivity index (χ4n) is 1.02. The van der Waals surface area contributed by atoms with E-state index >= 15 is 0 Å². The van der Waals surface area contributed by atoms with Crippen LogP contribution in [0.5, 0.6) is 0 Å². The smallest absolute Gasteiger partial charge is 1.00 e. The molecule has 5 nitrogen and oxygen atoms in total. The fourth-order valence-corrected chi connectivity index (χ4v) is 1.02. The Labute approximate surface area is 316 Å². The van der Waals surface area contributed by atoms with E-state index in [-0.39, 0.29) is 83.8 Å². The number of hydrogen-bond donors (Lipinski definition) is 0. The monoisotopic (exact) mass is 860 g/mol. The predicted molar refractivity (Wildman–Crippen MR) is 175 cm³/mol. The molecular weight excluding hydrogens is 801 g/mol. The predicted octanol–water partition coefficient (Wildman–Crippen LogP) is -3.72. The van der Waals surface area contributed by atoms with Crippen LogP contribution in [0.2, 0.25) is 0 Å². The van der Waals surface area contributed by atoms with E-state index in [0.717, 1.165) is 26.4 Å². The zero-order chi connectivity index (χ0) is 31.0. The van der Waals surface area contributed by atoms with Crippen molar-refractivity contribution in [1.29, 1.82) is 0 Å². The summed E-state index contributed by atoms with van der Waals surface area (Å²) in [6, 6.07) is 0. The van der Waals surface area contributed by atoms with Gasteiger partial charge in [0.25, 0.3) is 0 Å². The first-order valence-electron chi connectivity index (χ1n) is 11.5. The number of halogens is 4. The first-order valence-corrected chi connectivity index (χ1v) is 24.9. The molecule has 0 amide bonds.